The third kappa shape index (κ3) is 4.19. The lowest BCUT2D eigenvalue weighted by molar-refractivity contribution is -0.137. The molecule has 0 aliphatic carbocycles. The molecular formula is C12H10ClF3N4O. The molecule has 0 fully saturated rings. The van der Waals surface area contributed by atoms with Crippen LogP contribution in [0.1, 0.15) is 11.1 Å². The van der Waals surface area contributed by atoms with Crippen LogP contribution in [-0.4, -0.2) is 22.1 Å². The van der Waals surface area contributed by atoms with E-state index in [0.717, 1.165) is 12.1 Å². The fourth-order valence-electron chi connectivity index (χ4n) is 1.49. The van der Waals surface area contributed by atoms with Gasteiger partial charge >= 0.3 is 12.2 Å². The van der Waals surface area contributed by atoms with Crippen LogP contribution >= 0.6 is 11.6 Å². The Kier molecular flexibility index (Phi) is 4.46. The van der Waals surface area contributed by atoms with Crippen LogP contribution in [-0.2, 0) is 12.7 Å². The zero-order valence-electron chi connectivity index (χ0n) is 10.8. The summed E-state index contributed by atoms with van der Waals surface area (Å²) in [6.45, 7) is 0.238. The minimum Gasteiger partial charge on any atom is -0.467 e. The SMILES string of the molecule is COc1nc(Cl)nc(NCc2ccc(C(F)(F)F)cc2)n1. The van der Waals surface area contributed by atoms with Crippen LogP contribution in [0.15, 0.2) is 24.3 Å². The molecule has 0 aliphatic rings. The van der Waals surface area contributed by atoms with E-state index in [9.17, 15) is 13.2 Å². The normalized spacial score (nSPS) is 11.3. The van der Waals surface area contributed by atoms with Gasteiger partial charge in [0.15, 0.2) is 0 Å². The smallest absolute Gasteiger partial charge is 0.416 e. The summed E-state index contributed by atoms with van der Waals surface area (Å²) in [5.41, 5.74) is -0.0605. The van der Waals surface area contributed by atoms with Crippen LogP contribution in [0.3, 0.4) is 0 Å². The Hall–Kier alpha value is -2.09. The molecule has 112 valence electrons. The van der Waals surface area contributed by atoms with E-state index in [1.165, 1.54) is 19.2 Å². The molecule has 5 nitrogen and oxygen atoms in total. The first kappa shape index (κ1) is 15.3. The average molecular weight is 319 g/mol. The van der Waals surface area contributed by atoms with Crippen molar-refractivity contribution in [2.75, 3.05) is 12.4 Å². The average Bonchev–Trinajstić information content (AvgIpc) is 2.44. The zero-order chi connectivity index (χ0) is 15.5. The number of hydrogen-bond donors (Lipinski definition) is 1. The van der Waals surface area contributed by atoms with E-state index in [4.69, 9.17) is 16.3 Å². The molecule has 1 aromatic carbocycles. The van der Waals surface area contributed by atoms with Gasteiger partial charge in [-0.3, -0.25) is 0 Å². The monoisotopic (exact) mass is 318 g/mol. The molecule has 0 radical (unpaired) electrons. The summed E-state index contributed by atoms with van der Waals surface area (Å²) in [6, 6.07) is 4.81. The Morgan fingerprint density at radius 3 is 2.38 bits per heavy atom. The first-order chi connectivity index (χ1) is 9.88. The van der Waals surface area contributed by atoms with Gasteiger partial charge in [0.25, 0.3) is 0 Å². The van der Waals surface area contributed by atoms with Crippen molar-refractivity contribution in [2.45, 2.75) is 12.7 Å². The first-order valence-corrected chi connectivity index (χ1v) is 6.12. The van der Waals surface area contributed by atoms with Gasteiger partial charge in [0.1, 0.15) is 0 Å². The maximum absolute atomic E-state index is 12.4. The van der Waals surface area contributed by atoms with Crippen LogP contribution in [0.5, 0.6) is 6.01 Å². The second-order valence-corrected chi connectivity index (χ2v) is 4.30. The van der Waals surface area contributed by atoms with Gasteiger partial charge in [0, 0.05) is 6.54 Å². The summed E-state index contributed by atoms with van der Waals surface area (Å²) in [5.74, 6) is 0.173. The molecular weight excluding hydrogens is 309 g/mol. The Morgan fingerprint density at radius 1 is 1.14 bits per heavy atom. The molecule has 0 saturated heterocycles. The van der Waals surface area contributed by atoms with Crippen LogP contribution in [0.4, 0.5) is 19.1 Å². The number of anilines is 1. The van der Waals surface area contributed by atoms with E-state index < -0.39 is 11.7 Å². The maximum atomic E-state index is 12.4. The fraction of sp³-hybridized carbons (Fsp3) is 0.250. The number of nitrogens with zero attached hydrogens (tertiary/aromatic N) is 3. The number of ether oxygens (including phenoxy) is 1. The highest BCUT2D eigenvalue weighted by molar-refractivity contribution is 6.28. The van der Waals surface area contributed by atoms with E-state index in [2.05, 4.69) is 20.3 Å². The van der Waals surface area contributed by atoms with Crippen molar-refractivity contribution in [1.29, 1.82) is 0 Å². The van der Waals surface area contributed by atoms with E-state index in [1.54, 1.807) is 0 Å². The minimum atomic E-state index is -4.35. The van der Waals surface area contributed by atoms with Gasteiger partial charge < -0.3 is 10.1 Å². The molecule has 0 spiro atoms. The molecule has 9 heteroatoms. The number of rotatable bonds is 4. The number of benzene rings is 1. The van der Waals surface area contributed by atoms with Crippen LogP contribution in [0, 0.1) is 0 Å². The van der Waals surface area contributed by atoms with Crippen LogP contribution < -0.4 is 10.1 Å². The van der Waals surface area contributed by atoms with Gasteiger partial charge in [-0.2, -0.15) is 28.1 Å². The molecule has 1 aromatic heterocycles. The van der Waals surface area contributed by atoms with E-state index >= 15 is 0 Å². The van der Waals surface area contributed by atoms with Crippen molar-refractivity contribution >= 4 is 17.5 Å². The molecule has 1 heterocycles. The predicted octanol–water partition coefficient (Wildman–Crippen LogP) is 3.16. The van der Waals surface area contributed by atoms with Gasteiger partial charge in [0.2, 0.25) is 11.2 Å². The first-order valence-electron chi connectivity index (χ1n) is 5.74. The van der Waals surface area contributed by atoms with Gasteiger partial charge in [-0.25, -0.2) is 0 Å². The molecule has 0 aliphatic heterocycles. The molecule has 1 N–H and O–H groups in total. The molecule has 0 amide bonds. The lowest BCUT2D eigenvalue weighted by Gasteiger charge is -2.09. The highest BCUT2D eigenvalue weighted by atomic mass is 35.5. The molecule has 0 bridgehead atoms. The van der Waals surface area contributed by atoms with E-state index in [1.807, 2.05) is 0 Å². The predicted molar refractivity (Wildman–Crippen MR) is 70.2 cm³/mol. The number of alkyl halides is 3. The number of methoxy groups -OCH3 is 1. The van der Waals surface area contributed by atoms with Crippen molar-refractivity contribution in [1.82, 2.24) is 15.0 Å². The number of hydrogen-bond acceptors (Lipinski definition) is 5. The highest BCUT2D eigenvalue weighted by Gasteiger charge is 2.29. The van der Waals surface area contributed by atoms with Gasteiger partial charge in [-0.05, 0) is 29.3 Å². The van der Waals surface area contributed by atoms with Gasteiger partial charge in [-0.15, -0.1) is 0 Å². The molecule has 0 saturated carbocycles. The van der Waals surface area contributed by atoms with Gasteiger partial charge in [0.05, 0.1) is 12.7 Å². The van der Waals surface area contributed by atoms with Crippen LogP contribution in [0.25, 0.3) is 0 Å². The zero-order valence-corrected chi connectivity index (χ0v) is 11.5. The Morgan fingerprint density at radius 2 is 1.81 bits per heavy atom. The van der Waals surface area contributed by atoms with Crippen molar-refractivity contribution in [3.8, 4) is 6.01 Å². The van der Waals surface area contributed by atoms with Crippen molar-refractivity contribution in [3.05, 3.63) is 40.7 Å². The molecule has 21 heavy (non-hydrogen) atoms. The summed E-state index contributed by atoms with van der Waals surface area (Å²) < 4.78 is 42.1. The minimum absolute atomic E-state index is 0.0447. The Labute approximate surface area is 123 Å². The highest BCUT2D eigenvalue weighted by Crippen LogP contribution is 2.29. The summed E-state index contributed by atoms with van der Waals surface area (Å²) >= 11 is 5.67. The summed E-state index contributed by atoms with van der Waals surface area (Å²) in [6.07, 6.45) is -4.35. The summed E-state index contributed by atoms with van der Waals surface area (Å²) in [4.78, 5) is 11.4. The number of aromatic nitrogens is 3. The third-order valence-corrected chi connectivity index (χ3v) is 2.67. The van der Waals surface area contributed by atoms with E-state index in [0.29, 0.717) is 5.56 Å². The van der Waals surface area contributed by atoms with Crippen molar-refractivity contribution in [2.24, 2.45) is 0 Å². The largest absolute Gasteiger partial charge is 0.467 e. The van der Waals surface area contributed by atoms with Gasteiger partial charge in [-0.1, -0.05) is 12.1 Å². The lowest BCUT2D eigenvalue weighted by Crippen LogP contribution is -2.07. The molecule has 0 unspecified atom stereocenters. The maximum Gasteiger partial charge on any atom is 0.416 e. The number of halogens is 4. The fourth-order valence-corrected chi connectivity index (χ4v) is 1.65. The van der Waals surface area contributed by atoms with Crippen LogP contribution in [0.2, 0.25) is 5.28 Å². The van der Waals surface area contributed by atoms with Crippen molar-refractivity contribution in [3.63, 3.8) is 0 Å². The topological polar surface area (TPSA) is 59.9 Å². The Balaban J connectivity index is 2.05. The molecule has 2 rings (SSSR count). The number of nitrogens with one attached hydrogen (secondary N) is 1. The summed E-state index contributed by atoms with van der Waals surface area (Å²) in [7, 11) is 1.38. The second-order valence-electron chi connectivity index (χ2n) is 3.96. The second kappa shape index (κ2) is 6.13. The van der Waals surface area contributed by atoms with Crippen molar-refractivity contribution < 1.29 is 17.9 Å². The molecule has 0 atom stereocenters. The van der Waals surface area contributed by atoms with E-state index in [-0.39, 0.29) is 23.8 Å². The molecule has 2 aromatic rings. The lowest BCUT2D eigenvalue weighted by atomic mass is 10.1. The quantitative estimate of drug-likeness (QED) is 0.938. The standard InChI is InChI=1S/C12H10ClF3N4O/c1-21-11-19-9(13)18-10(20-11)17-6-7-2-4-8(5-3-7)12(14,15)16/h2-5H,6H2,1H3,(H,17,18,19,20). The Bertz CT molecular complexity index is 619. The third-order valence-electron chi connectivity index (χ3n) is 2.50. The summed E-state index contributed by atoms with van der Waals surface area (Å²) in [5, 5.41) is 2.78.